The van der Waals surface area contributed by atoms with E-state index in [0.29, 0.717) is 51.9 Å². The van der Waals surface area contributed by atoms with Gasteiger partial charge in [-0.15, -0.1) is 0 Å². The Bertz CT molecular complexity index is 804. The molecule has 2 fully saturated rings. The molecule has 30 heavy (non-hydrogen) atoms. The van der Waals surface area contributed by atoms with E-state index in [4.69, 9.17) is 4.74 Å². The fourth-order valence-electron chi connectivity index (χ4n) is 4.07. The fraction of sp³-hybridized carbons (Fsp3) is 0.571. The summed E-state index contributed by atoms with van der Waals surface area (Å²) in [5, 5.41) is 0. The van der Waals surface area contributed by atoms with E-state index in [1.165, 1.54) is 17.0 Å². The zero-order chi connectivity index (χ0) is 21.9. The van der Waals surface area contributed by atoms with Crippen molar-refractivity contribution in [2.45, 2.75) is 44.8 Å². The van der Waals surface area contributed by atoms with Gasteiger partial charge < -0.3 is 14.5 Å². The van der Waals surface area contributed by atoms with Crippen LogP contribution >= 0.6 is 0 Å². The second-order valence-corrected chi connectivity index (χ2v) is 7.59. The van der Waals surface area contributed by atoms with Crippen LogP contribution in [-0.4, -0.2) is 59.9 Å². The van der Waals surface area contributed by atoms with Gasteiger partial charge in [0.15, 0.2) is 0 Å². The van der Waals surface area contributed by atoms with Gasteiger partial charge >= 0.3 is 12.1 Å². The average molecular weight is 426 g/mol. The summed E-state index contributed by atoms with van der Waals surface area (Å²) in [5.41, 5.74) is -0.970. The highest BCUT2D eigenvalue weighted by atomic mass is 19.4. The van der Waals surface area contributed by atoms with Gasteiger partial charge in [0, 0.05) is 25.2 Å². The molecule has 1 atom stereocenters. The molecule has 2 heterocycles. The average Bonchev–Trinajstić information content (AvgIpc) is 3.22. The Hall–Kier alpha value is -2.58. The number of esters is 1. The van der Waals surface area contributed by atoms with Gasteiger partial charge in [-0.25, -0.2) is 0 Å². The minimum absolute atomic E-state index is 0.0782. The lowest BCUT2D eigenvalue weighted by Crippen LogP contribution is -2.50. The quantitative estimate of drug-likeness (QED) is 0.694. The van der Waals surface area contributed by atoms with Crippen molar-refractivity contribution in [3.63, 3.8) is 0 Å². The van der Waals surface area contributed by atoms with Crippen molar-refractivity contribution in [2.75, 3.05) is 26.2 Å². The summed E-state index contributed by atoms with van der Waals surface area (Å²) < 4.78 is 44.0. The number of halogens is 3. The highest BCUT2D eigenvalue weighted by Gasteiger charge is 2.39. The van der Waals surface area contributed by atoms with Crippen LogP contribution in [0, 0.1) is 5.92 Å². The molecule has 9 heteroatoms. The summed E-state index contributed by atoms with van der Waals surface area (Å²) in [7, 11) is 0. The number of alkyl halides is 3. The van der Waals surface area contributed by atoms with E-state index in [1.807, 2.05) is 0 Å². The summed E-state index contributed by atoms with van der Waals surface area (Å²) >= 11 is 0. The number of hydrogen-bond acceptors (Lipinski definition) is 4. The molecule has 0 spiro atoms. The molecule has 1 unspecified atom stereocenters. The van der Waals surface area contributed by atoms with Crippen LogP contribution in [0.3, 0.4) is 0 Å². The molecule has 164 valence electrons. The smallest absolute Gasteiger partial charge is 0.416 e. The largest absolute Gasteiger partial charge is 0.466 e. The lowest BCUT2D eigenvalue weighted by Gasteiger charge is -2.34. The SMILES string of the molecule is CCOC(=O)C1CCN(C(=O)C2CCCN2C(=O)c2cccc(C(F)(F)F)c2)CC1. The Morgan fingerprint density at radius 3 is 2.43 bits per heavy atom. The topological polar surface area (TPSA) is 66.9 Å². The standard InChI is InChI=1S/C21H25F3N2O4/c1-2-30-20(29)14-8-11-25(12-9-14)19(28)17-7-4-10-26(17)18(27)15-5-3-6-16(13-15)21(22,23)24/h3,5-6,13-14,17H,2,4,7-12H2,1H3. The fourth-order valence-corrected chi connectivity index (χ4v) is 4.07. The molecule has 0 radical (unpaired) electrons. The number of nitrogens with zero attached hydrogens (tertiary/aromatic N) is 2. The van der Waals surface area contributed by atoms with Crippen molar-refractivity contribution < 1.29 is 32.3 Å². The second kappa shape index (κ2) is 9.06. The van der Waals surface area contributed by atoms with Crippen molar-refractivity contribution in [3.8, 4) is 0 Å². The number of likely N-dealkylation sites (tertiary alicyclic amines) is 2. The van der Waals surface area contributed by atoms with Crippen molar-refractivity contribution in [3.05, 3.63) is 35.4 Å². The molecule has 2 amide bonds. The zero-order valence-electron chi connectivity index (χ0n) is 16.8. The molecular weight excluding hydrogens is 401 g/mol. The molecule has 0 N–H and O–H groups in total. The third-order valence-corrected chi connectivity index (χ3v) is 5.66. The van der Waals surface area contributed by atoms with Crippen LogP contribution in [-0.2, 0) is 20.5 Å². The van der Waals surface area contributed by atoms with E-state index in [0.717, 1.165) is 12.1 Å². The molecule has 2 saturated heterocycles. The predicted octanol–water partition coefficient (Wildman–Crippen LogP) is 3.11. The number of rotatable bonds is 4. The molecule has 0 aromatic heterocycles. The Labute approximate surface area is 173 Å². The lowest BCUT2D eigenvalue weighted by atomic mass is 9.96. The number of amides is 2. The van der Waals surface area contributed by atoms with Gasteiger partial charge in [-0.05, 0) is 50.8 Å². The van der Waals surface area contributed by atoms with E-state index in [2.05, 4.69) is 0 Å². The number of ether oxygens (including phenoxy) is 1. The van der Waals surface area contributed by atoms with Crippen LogP contribution in [0.5, 0.6) is 0 Å². The van der Waals surface area contributed by atoms with Crippen LogP contribution < -0.4 is 0 Å². The van der Waals surface area contributed by atoms with E-state index in [1.54, 1.807) is 11.8 Å². The van der Waals surface area contributed by atoms with Gasteiger partial charge in [0.25, 0.3) is 5.91 Å². The lowest BCUT2D eigenvalue weighted by molar-refractivity contribution is -0.151. The Kier molecular flexibility index (Phi) is 6.67. The van der Waals surface area contributed by atoms with Gasteiger partial charge in [-0.1, -0.05) is 6.07 Å². The maximum absolute atomic E-state index is 13.0. The summed E-state index contributed by atoms with van der Waals surface area (Å²) in [4.78, 5) is 40.8. The number of piperidine rings is 1. The molecule has 1 aromatic rings. The second-order valence-electron chi connectivity index (χ2n) is 7.59. The molecule has 2 aliphatic heterocycles. The molecule has 3 rings (SSSR count). The third-order valence-electron chi connectivity index (χ3n) is 5.66. The predicted molar refractivity (Wildman–Crippen MR) is 101 cm³/mol. The first-order chi connectivity index (χ1) is 14.2. The van der Waals surface area contributed by atoms with Crippen molar-refractivity contribution >= 4 is 17.8 Å². The van der Waals surface area contributed by atoms with E-state index in [-0.39, 0.29) is 23.4 Å². The highest BCUT2D eigenvalue weighted by Crippen LogP contribution is 2.31. The first-order valence-corrected chi connectivity index (χ1v) is 10.2. The first kappa shape index (κ1) is 22.1. The maximum Gasteiger partial charge on any atom is 0.416 e. The molecule has 0 saturated carbocycles. The van der Waals surface area contributed by atoms with Crippen LogP contribution in [0.15, 0.2) is 24.3 Å². The molecule has 0 aliphatic carbocycles. The van der Waals surface area contributed by atoms with E-state index in [9.17, 15) is 27.6 Å². The van der Waals surface area contributed by atoms with E-state index >= 15 is 0 Å². The highest BCUT2D eigenvalue weighted by molar-refractivity contribution is 5.98. The van der Waals surface area contributed by atoms with Crippen molar-refractivity contribution in [1.82, 2.24) is 9.80 Å². The Morgan fingerprint density at radius 1 is 1.10 bits per heavy atom. The minimum Gasteiger partial charge on any atom is -0.466 e. The minimum atomic E-state index is -4.54. The number of hydrogen-bond donors (Lipinski definition) is 0. The van der Waals surface area contributed by atoms with Gasteiger partial charge in [-0.2, -0.15) is 13.2 Å². The van der Waals surface area contributed by atoms with Crippen LogP contribution in [0.2, 0.25) is 0 Å². The van der Waals surface area contributed by atoms with Gasteiger partial charge in [-0.3, -0.25) is 14.4 Å². The van der Waals surface area contributed by atoms with Gasteiger partial charge in [0.2, 0.25) is 5.91 Å². The normalized spacial score (nSPS) is 20.3. The Morgan fingerprint density at radius 2 is 1.80 bits per heavy atom. The van der Waals surface area contributed by atoms with Crippen LogP contribution in [0.25, 0.3) is 0 Å². The zero-order valence-corrected chi connectivity index (χ0v) is 16.8. The number of benzene rings is 1. The summed E-state index contributed by atoms with van der Waals surface area (Å²) in [6, 6.07) is 3.58. The summed E-state index contributed by atoms with van der Waals surface area (Å²) in [5.74, 6) is -1.28. The monoisotopic (exact) mass is 426 g/mol. The molecule has 0 bridgehead atoms. The number of carbonyl (C=O) groups excluding carboxylic acids is 3. The summed E-state index contributed by atoms with van der Waals surface area (Å²) in [6.07, 6.45) is -2.46. The van der Waals surface area contributed by atoms with E-state index < -0.39 is 23.7 Å². The first-order valence-electron chi connectivity index (χ1n) is 10.2. The van der Waals surface area contributed by atoms with Crippen LogP contribution in [0.4, 0.5) is 13.2 Å². The molecule has 1 aromatic carbocycles. The van der Waals surface area contributed by atoms with Crippen molar-refractivity contribution in [2.24, 2.45) is 5.92 Å². The van der Waals surface area contributed by atoms with Crippen LogP contribution in [0.1, 0.15) is 48.5 Å². The maximum atomic E-state index is 13.0. The van der Waals surface area contributed by atoms with Crippen molar-refractivity contribution in [1.29, 1.82) is 0 Å². The molecule has 6 nitrogen and oxygen atoms in total. The number of carbonyl (C=O) groups is 3. The van der Waals surface area contributed by atoms with Gasteiger partial charge in [0.1, 0.15) is 6.04 Å². The third kappa shape index (κ3) is 4.76. The molecular formula is C21H25F3N2O4. The van der Waals surface area contributed by atoms with Gasteiger partial charge in [0.05, 0.1) is 18.1 Å². The molecule has 2 aliphatic rings. The Balaban J connectivity index is 1.66. The summed E-state index contributed by atoms with van der Waals surface area (Å²) in [6.45, 7) is 3.17.